The Morgan fingerprint density at radius 1 is 1.41 bits per heavy atom. The minimum atomic E-state index is -0.115. The van der Waals surface area contributed by atoms with Gasteiger partial charge in [-0.3, -0.25) is 10.2 Å². The molecule has 2 aromatic heterocycles. The largest absolute Gasteiger partial charge is 0.360 e. The molecule has 1 aliphatic heterocycles. The SMILES string of the molecule is Cc1cc(NC(=O)N2CCN(C(C)c3ccsc3)CC2)no1. The van der Waals surface area contributed by atoms with Crippen LogP contribution in [0.5, 0.6) is 0 Å². The number of urea groups is 1. The number of carbonyl (C=O) groups excluding carboxylic acids is 1. The summed E-state index contributed by atoms with van der Waals surface area (Å²) in [7, 11) is 0. The van der Waals surface area contributed by atoms with Gasteiger partial charge in [-0.25, -0.2) is 4.79 Å². The van der Waals surface area contributed by atoms with Gasteiger partial charge in [0.2, 0.25) is 0 Å². The van der Waals surface area contributed by atoms with Gasteiger partial charge in [0.1, 0.15) is 5.76 Å². The van der Waals surface area contributed by atoms with Crippen LogP contribution in [0.4, 0.5) is 10.6 Å². The third kappa shape index (κ3) is 3.31. The molecule has 0 radical (unpaired) electrons. The number of aromatic nitrogens is 1. The number of rotatable bonds is 3. The molecule has 1 N–H and O–H groups in total. The van der Waals surface area contributed by atoms with Crippen molar-refractivity contribution in [3.8, 4) is 0 Å². The predicted molar refractivity (Wildman–Crippen MR) is 86.1 cm³/mol. The molecular weight excluding hydrogens is 300 g/mol. The second-order valence-electron chi connectivity index (χ2n) is 5.51. The van der Waals surface area contributed by atoms with Crippen LogP contribution in [0.2, 0.25) is 0 Å². The van der Waals surface area contributed by atoms with E-state index in [2.05, 4.69) is 39.1 Å². The van der Waals surface area contributed by atoms with Crippen LogP contribution < -0.4 is 5.32 Å². The average molecular weight is 320 g/mol. The number of aryl methyl sites for hydroxylation is 1. The summed E-state index contributed by atoms with van der Waals surface area (Å²) in [4.78, 5) is 16.4. The highest BCUT2D eigenvalue weighted by Crippen LogP contribution is 2.23. The molecule has 1 fully saturated rings. The zero-order valence-corrected chi connectivity index (χ0v) is 13.6. The summed E-state index contributed by atoms with van der Waals surface area (Å²) in [6.45, 7) is 7.21. The molecule has 118 valence electrons. The van der Waals surface area contributed by atoms with E-state index in [0.29, 0.717) is 17.6 Å². The Morgan fingerprint density at radius 2 is 2.18 bits per heavy atom. The molecule has 1 aliphatic rings. The van der Waals surface area contributed by atoms with E-state index < -0.39 is 0 Å². The van der Waals surface area contributed by atoms with Crippen LogP contribution in [-0.4, -0.2) is 47.2 Å². The van der Waals surface area contributed by atoms with Gasteiger partial charge in [-0.05, 0) is 36.2 Å². The van der Waals surface area contributed by atoms with E-state index in [1.54, 1.807) is 24.3 Å². The van der Waals surface area contributed by atoms with E-state index in [4.69, 9.17) is 4.52 Å². The van der Waals surface area contributed by atoms with E-state index in [9.17, 15) is 4.79 Å². The molecule has 1 saturated heterocycles. The number of thiophene rings is 1. The van der Waals surface area contributed by atoms with Crippen molar-refractivity contribution in [3.63, 3.8) is 0 Å². The lowest BCUT2D eigenvalue weighted by Crippen LogP contribution is -2.50. The van der Waals surface area contributed by atoms with Crippen molar-refractivity contribution in [2.24, 2.45) is 0 Å². The average Bonchev–Trinajstić information content (AvgIpc) is 3.18. The summed E-state index contributed by atoms with van der Waals surface area (Å²) in [6, 6.07) is 4.17. The molecular formula is C15H20N4O2S. The Hall–Kier alpha value is -1.86. The van der Waals surface area contributed by atoms with E-state index in [0.717, 1.165) is 26.2 Å². The Labute approximate surface area is 133 Å². The first-order valence-corrected chi connectivity index (χ1v) is 8.33. The lowest BCUT2D eigenvalue weighted by Gasteiger charge is -2.37. The van der Waals surface area contributed by atoms with Crippen molar-refractivity contribution in [2.45, 2.75) is 19.9 Å². The number of carbonyl (C=O) groups is 1. The molecule has 2 amide bonds. The lowest BCUT2D eigenvalue weighted by atomic mass is 10.1. The third-order valence-electron chi connectivity index (χ3n) is 4.04. The summed E-state index contributed by atoms with van der Waals surface area (Å²) < 4.78 is 4.95. The van der Waals surface area contributed by atoms with Gasteiger partial charge >= 0.3 is 6.03 Å². The summed E-state index contributed by atoms with van der Waals surface area (Å²) >= 11 is 1.72. The zero-order valence-electron chi connectivity index (χ0n) is 12.8. The van der Waals surface area contributed by atoms with Crippen LogP contribution in [-0.2, 0) is 0 Å². The Bertz CT molecular complexity index is 617. The Morgan fingerprint density at radius 3 is 2.77 bits per heavy atom. The minimum absolute atomic E-state index is 0.115. The second kappa shape index (κ2) is 6.50. The van der Waals surface area contributed by atoms with Gasteiger partial charge in [-0.2, -0.15) is 11.3 Å². The molecule has 22 heavy (non-hydrogen) atoms. The fourth-order valence-electron chi connectivity index (χ4n) is 2.65. The molecule has 6 nitrogen and oxygen atoms in total. The van der Waals surface area contributed by atoms with Crippen molar-refractivity contribution in [3.05, 3.63) is 34.2 Å². The zero-order chi connectivity index (χ0) is 15.5. The van der Waals surface area contributed by atoms with Gasteiger partial charge in [0.25, 0.3) is 0 Å². The summed E-state index contributed by atoms with van der Waals surface area (Å²) in [6.07, 6.45) is 0. The van der Waals surface area contributed by atoms with Gasteiger partial charge in [0.15, 0.2) is 5.82 Å². The van der Waals surface area contributed by atoms with Crippen molar-refractivity contribution in [1.82, 2.24) is 15.0 Å². The van der Waals surface area contributed by atoms with E-state index in [1.807, 2.05) is 4.90 Å². The molecule has 0 aliphatic carbocycles. The monoisotopic (exact) mass is 320 g/mol. The fraction of sp³-hybridized carbons (Fsp3) is 0.467. The smallest absolute Gasteiger partial charge is 0.323 e. The van der Waals surface area contributed by atoms with Gasteiger partial charge in [0.05, 0.1) is 0 Å². The van der Waals surface area contributed by atoms with Crippen LogP contribution in [0.1, 0.15) is 24.3 Å². The number of anilines is 1. The maximum atomic E-state index is 12.2. The van der Waals surface area contributed by atoms with Crippen LogP contribution in [0.15, 0.2) is 27.4 Å². The molecule has 3 heterocycles. The highest BCUT2D eigenvalue weighted by atomic mass is 32.1. The van der Waals surface area contributed by atoms with Gasteiger partial charge in [-0.1, -0.05) is 5.16 Å². The van der Waals surface area contributed by atoms with E-state index >= 15 is 0 Å². The van der Waals surface area contributed by atoms with Crippen molar-refractivity contribution in [1.29, 1.82) is 0 Å². The number of amides is 2. The first-order valence-electron chi connectivity index (χ1n) is 7.39. The van der Waals surface area contributed by atoms with Crippen LogP contribution >= 0.6 is 11.3 Å². The highest BCUT2D eigenvalue weighted by Gasteiger charge is 2.25. The van der Waals surface area contributed by atoms with Crippen molar-refractivity contribution < 1.29 is 9.32 Å². The number of nitrogens with zero attached hydrogens (tertiary/aromatic N) is 3. The first-order chi connectivity index (χ1) is 10.6. The van der Waals surface area contributed by atoms with Gasteiger partial charge in [-0.15, -0.1) is 0 Å². The molecule has 0 saturated carbocycles. The normalized spacial score (nSPS) is 17.5. The molecule has 3 rings (SSSR count). The number of hydrogen-bond acceptors (Lipinski definition) is 5. The number of hydrogen-bond donors (Lipinski definition) is 1. The molecule has 0 spiro atoms. The van der Waals surface area contributed by atoms with Gasteiger partial charge in [0, 0.05) is 38.3 Å². The molecule has 1 atom stereocenters. The van der Waals surface area contributed by atoms with Gasteiger partial charge < -0.3 is 9.42 Å². The molecule has 7 heteroatoms. The summed E-state index contributed by atoms with van der Waals surface area (Å²) in [5.41, 5.74) is 1.35. The Balaban J connectivity index is 1.52. The molecule has 2 aromatic rings. The van der Waals surface area contributed by atoms with E-state index in [-0.39, 0.29) is 6.03 Å². The second-order valence-corrected chi connectivity index (χ2v) is 6.29. The maximum Gasteiger partial charge on any atom is 0.323 e. The molecule has 1 unspecified atom stereocenters. The van der Waals surface area contributed by atoms with Crippen LogP contribution in [0, 0.1) is 6.92 Å². The number of piperazine rings is 1. The maximum absolute atomic E-state index is 12.2. The summed E-state index contributed by atoms with van der Waals surface area (Å²) in [5.74, 6) is 1.15. The topological polar surface area (TPSA) is 61.6 Å². The quantitative estimate of drug-likeness (QED) is 0.944. The van der Waals surface area contributed by atoms with Crippen molar-refractivity contribution >= 4 is 23.2 Å². The first kappa shape index (κ1) is 15.1. The highest BCUT2D eigenvalue weighted by molar-refractivity contribution is 7.07. The minimum Gasteiger partial charge on any atom is -0.360 e. The fourth-order valence-corrected chi connectivity index (χ4v) is 3.40. The van der Waals surface area contributed by atoms with E-state index in [1.165, 1.54) is 5.56 Å². The predicted octanol–water partition coefficient (Wildman–Crippen LogP) is 2.96. The summed E-state index contributed by atoms with van der Waals surface area (Å²) in [5, 5.41) is 10.9. The standard InChI is InChI=1S/C15H20N4O2S/c1-11-9-14(17-21-11)16-15(20)19-6-4-18(5-7-19)12(2)13-3-8-22-10-13/h3,8-10,12H,4-7H2,1-2H3,(H,16,17,20). The lowest BCUT2D eigenvalue weighted by molar-refractivity contribution is 0.119. The third-order valence-corrected chi connectivity index (χ3v) is 4.74. The van der Waals surface area contributed by atoms with Crippen molar-refractivity contribution in [2.75, 3.05) is 31.5 Å². The number of nitrogens with one attached hydrogen (secondary N) is 1. The molecule has 0 bridgehead atoms. The van der Waals surface area contributed by atoms with Crippen LogP contribution in [0.25, 0.3) is 0 Å². The van der Waals surface area contributed by atoms with Crippen LogP contribution in [0.3, 0.4) is 0 Å². The molecule has 0 aromatic carbocycles. The Kier molecular flexibility index (Phi) is 4.44.